The molecule has 0 spiro atoms. The average Bonchev–Trinajstić information content (AvgIpc) is 1.62. The van der Waals surface area contributed by atoms with Crippen LogP contribution in [0.4, 0.5) is 0 Å². The number of carbonyl (C=O) groups is 4. The minimum atomic E-state index is -0.487. The van der Waals surface area contributed by atoms with Crippen molar-refractivity contribution >= 4 is 46.9 Å². The molecule has 0 amide bonds. The van der Waals surface area contributed by atoms with Crippen molar-refractivity contribution in [2.75, 3.05) is 78.5 Å². The van der Waals surface area contributed by atoms with E-state index < -0.39 is 23.9 Å². The largest absolute Gasteiger partial charge is 2.00 e. The summed E-state index contributed by atoms with van der Waals surface area (Å²) in [5.41, 5.74) is 9.38. The first-order valence-corrected chi connectivity index (χ1v) is 33.6. The zero-order chi connectivity index (χ0) is 67.7. The van der Waals surface area contributed by atoms with Crippen molar-refractivity contribution in [2.24, 2.45) is 0 Å². The summed E-state index contributed by atoms with van der Waals surface area (Å²) >= 11 is 0. The fourth-order valence-corrected chi connectivity index (χ4v) is 13.0. The molecule has 0 saturated carbocycles. The third-order valence-electron chi connectivity index (χ3n) is 18.5. The monoisotopic (exact) mass is 1340 g/mol. The van der Waals surface area contributed by atoms with Gasteiger partial charge < -0.3 is 38.9 Å². The fraction of sp³-hybridized carbons (Fsp3) is 0.143. The zero-order valence-electron chi connectivity index (χ0n) is 55.4. The molecular formula is C84H68MgN8O8+2. The molecule has 7 aliphatic heterocycles. The van der Waals surface area contributed by atoms with Crippen LogP contribution in [0.25, 0.3) is 0 Å². The maximum atomic E-state index is 13.2. The molecule has 0 atom stereocenters. The summed E-state index contributed by atoms with van der Waals surface area (Å²) in [4.78, 5) is 84.4. The Morgan fingerprint density at radius 3 is 0.535 bits per heavy atom. The third-order valence-corrected chi connectivity index (χ3v) is 18.5. The Hall–Kier alpha value is -11.2. The number of fused-ring (bicyclic) bond motifs is 14. The zero-order valence-corrected chi connectivity index (χ0v) is 56.9. The standard InChI is InChI=1S/C72H44N4O8.2C6H12N2.Mg/c77-69(49-13-5-1-6-14-49)81-53-29-21-45(22-30-53)65-57-37-39-59(73-57)66(46-23-31-54(32-24-46)82-70(78)50-15-7-2-8-16-50)61-41-43-63(75-61)68(48-27-35-56(36-28-48)84-72(80)52-19-11-4-12-20-52)64-44-42-62(76-64)67(60-40-38-58(65)74-60)47-25-33-55(34-26-47)83-71(79)51-17-9-3-10-18-51;2*1-2-8-5-3-7(1)4-6-8;/h1-44H;2*1-6H2;/q;;;+2. The molecular weight excluding hydrogens is 1270 g/mol. The van der Waals surface area contributed by atoms with Gasteiger partial charge in [-0.25, -0.2) is 19.2 Å². The van der Waals surface area contributed by atoms with Crippen molar-refractivity contribution in [3.63, 3.8) is 0 Å². The van der Waals surface area contributed by atoms with Crippen LogP contribution in [0.2, 0.25) is 0 Å². The van der Waals surface area contributed by atoms with Gasteiger partial charge in [0.25, 0.3) is 0 Å². The van der Waals surface area contributed by atoms with Crippen molar-refractivity contribution in [3.8, 4) is 23.0 Å². The molecule has 16 nitrogen and oxygen atoms in total. The average molecular weight is 1340 g/mol. The van der Waals surface area contributed by atoms with Gasteiger partial charge in [0.15, 0.2) is 0 Å². The smallest absolute Gasteiger partial charge is 0.628 e. The number of carbonyl (C=O) groups excluding carboxylic acids is 4. The molecule has 492 valence electrons. The molecule has 7 aliphatic rings. The topological polar surface area (TPSA) is 175 Å². The van der Waals surface area contributed by atoms with Crippen molar-refractivity contribution < 1.29 is 38.1 Å². The first kappa shape index (κ1) is 67.1. The van der Waals surface area contributed by atoms with E-state index in [0.717, 1.165) is 22.3 Å². The first-order chi connectivity index (χ1) is 49.1. The normalized spacial score (nSPS) is 17.0. The molecule has 19 rings (SSSR count). The molecule has 0 radical (unpaired) electrons. The number of ether oxygens (including phenoxy) is 4. The molecule has 0 N–H and O–H groups in total. The Kier molecular flexibility index (Phi) is 20.5. The van der Waals surface area contributed by atoms with Gasteiger partial charge in [-0.15, -0.1) is 0 Å². The van der Waals surface area contributed by atoms with Crippen molar-refractivity contribution in [1.82, 2.24) is 39.5 Å². The summed E-state index contributed by atoms with van der Waals surface area (Å²) in [6, 6.07) is 79.6. The maximum absolute atomic E-state index is 13.2. The second-order valence-corrected chi connectivity index (χ2v) is 24.8. The summed E-state index contributed by atoms with van der Waals surface area (Å²) < 4.78 is 23.2. The van der Waals surface area contributed by atoms with E-state index >= 15 is 0 Å². The van der Waals surface area contributed by atoms with E-state index in [4.69, 9.17) is 38.9 Å². The molecule has 6 fully saturated rings. The summed E-state index contributed by atoms with van der Waals surface area (Å²) in [5.74, 6) is 2.21. The van der Waals surface area contributed by atoms with E-state index in [9.17, 15) is 19.2 Å². The van der Waals surface area contributed by atoms with Gasteiger partial charge in [0, 0.05) is 248 Å². The Labute approximate surface area is 603 Å². The molecule has 101 heavy (non-hydrogen) atoms. The van der Waals surface area contributed by atoms with Crippen molar-refractivity contribution in [3.05, 3.63) is 381 Å². The van der Waals surface area contributed by atoms with E-state index in [1.165, 1.54) is 78.5 Å². The van der Waals surface area contributed by atoms with Crippen LogP contribution in [0.5, 0.6) is 23.0 Å². The van der Waals surface area contributed by atoms with Gasteiger partial charge in [0.1, 0.15) is 23.0 Å². The van der Waals surface area contributed by atoms with Crippen LogP contribution >= 0.6 is 0 Å². The molecule has 12 aromatic rings. The minimum Gasteiger partial charge on any atom is -0.628 e. The van der Waals surface area contributed by atoms with Crippen LogP contribution in [0, 0.1) is 23.7 Å². The quantitative estimate of drug-likeness (QED) is 0.0488. The third kappa shape index (κ3) is 15.7. The van der Waals surface area contributed by atoms with Gasteiger partial charge in [-0.3, -0.25) is 19.6 Å². The number of nitrogens with zero attached hydrogens (tertiary/aromatic N) is 8. The molecule has 17 heteroatoms. The molecule has 6 saturated heterocycles. The van der Waals surface area contributed by atoms with Crippen LogP contribution < -0.4 is 38.9 Å². The van der Waals surface area contributed by atoms with Gasteiger partial charge in [-0.05, 0) is 94.1 Å². The van der Waals surface area contributed by atoms with Crippen molar-refractivity contribution in [1.29, 1.82) is 0 Å². The van der Waals surface area contributed by atoms with Crippen LogP contribution in [0.1, 0.15) is 109 Å². The number of aromatic nitrogens is 4. The van der Waals surface area contributed by atoms with Crippen molar-refractivity contribution in [2.45, 2.75) is 0 Å². The predicted molar refractivity (Wildman–Crippen MR) is 384 cm³/mol. The van der Waals surface area contributed by atoms with Gasteiger partial charge in [-0.1, -0.05) is 72.8 Å². The van der Waals surface area contributed by atoms with Gasteiger partial charge in [0.2, 0.25) is 0 Å². The van der Waals surface area contributed by atoms with Gasteiger partial charge in [-0.2, -0.15) is 0 Å². The number of hydrogen-bond donors (Lipinski definition) is 0. The number of rotatable bonds is 12. The summed E-state index contributed by atoms with van der Waals surface area (Å²) in [5, 5.41) is 0. The molecule has 8 aromatic carbocycles. The second kappa shape index (κ2) is 30.9. The molecule has 0 unspecified atom stereocenters. The van der Waals surface area contributed by atoms with Crippen LogP contribution in [0.15, 0.2) is 267 Å². The maximum Gasteiger partial charge on any atom is 2.00 e. The number of piperazine rings is 6. The minimum absolute atomic E-state index is 0. The Morgan fingerprint density at radius 1 is 0.228 bits per heavy atom. The van der Waals surface area contributed by atoms with E-state index in [2.05, 4.69) is 19.6 Å². The Bertz CT molecular complexity index is 4040. The molecule has 0 aliphatic carbocycles. The van der Waals surface area contributed by atoms with E-state index in [-0.39, 0.29) is 23.1 Å². The summed E-state index contributed by atoms with van der Waals surface area (Å²) in [6.45, 7) is 15.8. The summed E-state index contributed by atoms with van der Waals surface area (Å²) in [7, 11) is 0. The summed E-state index contributed by atoms with van der Waals surface area (Å²) in [6.07, 6.45) is 0. The number of esters is 4. The Morgan fingerprint density at radius 2 is 0.386 bits per heavy atom. The molecule has 4 aromatic heterocycles. The van der Waals surface area contributed by atoms with Gasteiger partial charge >= 0.3 is 46.9 Å². The first-order valence-electron chi connectivity index (χ1n) is 33.6. The molecule has 12 bridgehead atoms. The van der Waals surface area contributed by atoms with Crippen LogP contribution in [-0.2, 0) is 0 Å². The van der Waals surface area contributed by atoms with Crippen LogP contribution in [0.3, 0.4) is 0 Å². The number of benzene rings is 8. The van der Waals surface area contributed by atoms with E-state index in [1.807, 2.05) is 121 Å². The van der Waals surface area contributed by atoms with E-state index in [0.29, 0.717) is 114 Å². The van der Waals surface area contributed by atoms with Crippen LogP contribution in [-0.4, -0.2) is 145 Å². The SMILES string of the molecule is C1CN2CCN1CC2.C1CN2CCN1CC2.O=C(Oc1ccc([C+]2c3ccc([n-]3)[C+](c3ccc(OC(=O)c4ccccc4)cc3)c3ccc([n-]3)[C+](c3ccc(OC(=O)c4ccccc4)cc3)c3ccc([n-]3)[C+](c3ccc(OC(=O)c4ccccc4)cc3)c3ccc2[n-]3)cc1)c1ccccc1.[Mg+2]. The van der Waals surface area contributed by atoms with E-state index in [1.54, 1.807) is 146 Å². The molecule has 11 heterocycles. The number of hydrogen-bond acceptors (Lipinski definition) is 12. The Balaban J connectivity index is 0.000000444. The second-order valence-electron chi connectivity index (χ2n) is 24.8. The van der Waals surface area contributed by atoms with Gasteiger partial charge in [0.05, 0.1) is 44.5 Å². The predicted octanol–water partition coefficient (Wildman–Crippen LogP) is 11.6. The fourth-order valence-electron chi connectivity index (χ4n) is 13.0.